The number of rotatable bonds is 3. The molecule has 0 atom stereocenters. The summed E-state index contributed by atoms with van der Waals surface area (Å²) < 4.78 is 41.9. The Bertz CT molecular complexity index is 334. The molecule has 1 rings (SSSR count). The molecule has 0 spiro atoms. The Morgan fingerprint density at radius 2 is 2.00 bits per heavy atom. The second-order valence-corrected chi connectivity index (χ2v) is 3.00. The largest absolute Gasteiger partial charge is 0.496 e. The minimum Gasteiger partial charge on any atom is -0.496 e. The molecule has 1 aromatic rings. The van der Waals surface area contributed by atoms with Crippen molar-refractivity contribution in [3.63, 3.8) is 0 Å². The zero-order valence-electron chi connectivity index (χ0n) is 8.14. The van der Waals surface area contributed by atoms with Crippen molar-refractivity contribution >= 4 is 0 Å². The monoisotopic (exact) mass is 220 g/mol. The minimum atomic E-state index is -4.36. The highest BCUT2D eigenvalue weighted by Crippen LogP contribution is 2.32. The Kier molecular flexibility index (Phi) is 3.57. The zero-order chi connectivity index (χ0) is 11.5. The van der Waals surface area contributed by atoms with Crippen LogP contribution in [0, 0.1) is 0 Å². The van der Waals surface area contributed by atoms with Crippen LogP contribution in [-0.4, -0.2) is 18.8 Å². The van der Waals surface area contributed by atoms with E-state index in [1.165, 1.54) is 13.2 Å². The van der Waals surface area contributed by atoms with Crippen LogP contribution in [0.4, 0.5) is 13.2 Å². The highest BCUT2D eigenvalue weighted by molar-refractivity contribution is 5.38. The van der Waals surface area contributed by atoms with E-state index >= 15 is 0 Å². The van der Waals surface area contributed by atoms with Gasteiger partial charge in [0, 0.05) is 6.61 Å². The topological polar surface area (TPSA) is 29.5 Å². The maximum atomic E-state index is 12.3. The van der Waals surface area contributed by atoms with Crippen LogP contribution in [0.15, 0.2) is 18.2 Å². The summed E-state index contributed by atoms with van der Waals surface area (Å²) in [6.45, 7) is -0.211. The number of alkyl halides is 3. The quantitative estimate of drug-likeness (QED) is 0.846. The molecular weight excluding hydrogens is 209 g/mol. The molecule has 0 saturated heterocycles. The van der Waals surface area contributed by atoms with Crippen molar-refractivity contribution < 1.29 is 23.0 Å². The maximum Gasteiger partial charge on any atom is 0.416 e. The zero-order valence-corrected chi connectivity index (χ0v) is 8.14. The number of benzene rings is 1. The molecule has 0 bridgehead atoms. The van der Waals surface area contributed by atoms with E-state index in [9.17, 15) is 13.2 Å². The molecule has 1 aromatic carbocycles. The van der Waals surface area contributed by atoms with Gasteiger partial charge in [0.2, 0.25) is 0 Å². The van der Waals surface area contributed by atoms with E-state index in [4.69, 9.17) is 9.84 Å². The highest BCUT2D eigenvalue weighted by Gasteiger charge is 2.30. The lowest BCUT2D eigenvalue weighted by Gasteiger charge is -2.11. The third-order valence-corrected chi connectivity index (χ3v) is 1.99. The van der Waals surface area contributed by atoms with Crippen LogP contribution in [0.1, 0.15) is 11.1 Å². The van der Waals surface area contributed by atoms with Crippen LogP contribution in [0.3, 0.4) is 0 Å². The molecule has 0 amide bonds. The van der Waals surface area contributed by atoms with Gasteiger partial charge in [0.15, 0.2) is 0 Å². The van der Waals surface area contributed by atoms with Crippen molar-refractivity contribution in [2.24, 2.45) is 0 Å². The summed E-state index contributed by atoms with van der Waals surface area (Å²) in [5.41, 5.74) is -0.374. The predicted molar refractivity (Wildman–Crippen MR) is 48.8 cm³/mol. The van der Waals surface area contributed by atoms with Crippen molar-refractivity contribution in [2.75, 3.05) is 13.7 Å². The highest BCUT2D eigenvalue weighted by atomic mass is 19.4. The van der Waals surface area contributed by atoms with Crippen molar-refractivity contribution in [2.45, 2.75) is 12.6 Å². The summed E-state index contributed by atoms with van der Waals surface area (Å²) in [5, 5.41) is 8.70. The van der Waals surface area contributed by atoms with Crippen LogP contribution < -0.4 is 4.74 Å². The Labute approximate surface area is 85.3 Å². The molecule has 1 N–H and O–H groups in total. The van der Waals surface area contributed by atoms with Crippen LogP contribution in [0.5, 0.6) is 5.75 Å². The van der Waals surface area contributed by atoms with Gasteiger partial charge in [0.05, 0.1) is 12.7 Å². The van der Waals surface area contributed by atoms with Crippen molar-refractivity contribution in [3.8, 4) is 5.75 Å². The standard InChI is InChI=1S/C10H11F3O2/c1-15-9-3-2-8(10(11,12)13)6-7(9)4-5-14/h2-3,6,14H,4-5H2,1H3. The molecule has 0 unspecified atom stereocenters. The SMILES string of the molecule is COc1ccc(C(F)(F)F)cc1CCO. The van der Waals surface area contributed by atoms with Gasteiger partial charge in [0.1, 0.15) is 5.75 Å². The summed E-state index contributed by atoms with van der Waals surface area (Å²) in [6, 6.07) is 3.21. The van der Waals surface area contributed by atoms with E-state index in [1.54, 1.807) is 0 Å². The van der Waals surface area contributed by atoms with Crippen molar-refractivity contribution in [3.05, 3.63) is 29.3 Å². The molecule has 2 nitrogen and oxygen atoms in total. The average molecular weight is 220 g/mol. The first-order valence-electron chi connectivity index (χ1n) is 4.34. The molecule has 0 aromatic heterocycles. The number of hydrogen-bond donors (Lipinski definition) is 1. The van der Waals surface area contributed by atoms with E-state index in [0.717, 1.165) is 12.1 Å². The fourth-order valence-electron chi connectivity index (χ4n) is 1.27. The summed E-state index contributed by atoms with van der Waals surface area (Å²) >= 11 is 0. The van der Waals surface area contributed by atoms with Gasteiger partial charge in [-0.25, -0.2) is 0 Å². The second-order valence-electron chi connectivity index (χ2n) is 3.00. The van der Waals surface area contributed by atoms with Crippen LogP contribution in [0.2, 0.25) is 0 Å². The molecule has 84 valence electrons. The van der Waals surface area contributed by atoms with E-state index in [-0.39, 0.29) is 13.0 Å². The Hall–Kier alpha value is -1.23. The minimum absolute atomic E-state index is 0.146. The van der Waals surface area contributed by atoms with Gasteiger partial charge in [0.25, 0.3) is 0 Å². The number of hydrogen-bond acceptors (Lipinski definition) is 2. The third-order valence-electron chi connectivity index (χ3n) is 1.99. The van der Waals surface area contributed by atoms with Gasteiger partial charge >= 0.3 is 6.18 Å². The maximum absolute atomic E-state index is 12.3. The van der Waals surface area contributed by atoms with Crippen LogP contribution in [0.25, 0.3) is 0 Å². The molecule has 5 heteroatoms. The summed E-state index contributed by atoms with van der Waals surface area (Å²) in [5.74, 6) is 0.358. The van der Waals surface area contributed by atoms with Gasteiger partial charge in [-0.15, -0.1) is 0 Å². The lowest BCUT2D eigenvalue weighted by atomic mass is 10.1. The first-order chi connectivity index (χ1) is 6.99. The molecule has 0 aliphatic carbocycles. The van der Waals surface area contributed by atoms with Gasteiger partial charge < -0.3 is 9.84 Å². The fourth-order valence-corrected chi connectivity index (χ4v) is 1.27. The van der Waals surface area contributed by atoms with Gasteiger partial charge in [-0.3, -0.25) is 0 Å². The molecule has 0 aliphatic heterocycles. The first kappa shape index (κ1) is 11.8. The predicted octanol–water partition coefficient (Wildman–Crippen LogP) is 2.25. The molecule has 0 heterocycles. The number of aliphatic hydroxyl groups is 1. The summed E-state index contributed by atoms with van der Waals surface area (Å²) in [4.78, 5) is 0. The Morgan fingerprint density at radius 3 is 2.47 bits per heavy atom. The van der Waals surface area contributed by atoms with E-state index in [0.29, 0.717) is 11.3 Å². The third kappa shape index (κ3) is 2.86. The van der Waals surface area contributed by atoms with Crippen LogP contribution in [-0.2, 0) is 12.6 Å². The summed E-state index contributed by atoms with van der Waals surface area (Å²) in [6.07, 6.45) is -4.22. The Balaban J connectivity index is 3.10. The second kappa shape index (κ2) is 4.53. The van der Waals surface area contributed by atoms with Crippen LogP contribution >= 0.6 is 0 Å². The van der Waals surface area contributed by atoms with Gasteiger partial charge in [-0.05, 0) is 30.2 Å². The number of ether oxygens (including phenoxy) is 1. The lowest BCUT2D eigenvalue weighted by molar-refractivity contribution is -0.137. The Morgan fingerprint density at radius 1 is 1.33 bits per heavy atom. The molecule has 0 saturated carbocycles. The molecular formula is C10H11F3O2. The van der Waals surface area contributed by atoms with E-state index in [2.05, 4.69) is 0 Å². The number of aliphatic hydroxyl groups excluding tert-OH is 1. The molecule has 0 aliphatic rings. The van der Waals surface area contributed by atoms with Crippen molar-refractivity contribution in [1.29, 1.82) is 0 Å². The molecule has 0 radical (unpaired) electrons. The number of halogens is 3. The van der Waals surface area contributed by atoms with Gasteiger partial charge in [-0.2, -0.15) is 13.2 Å². The first-order valence-corrected chi connectivity index (χ1v) is 4.34. The van der Waals surface area contributed by atoms with E-state index < -0.39 is 11.7 Å². The molecule has 15 heavy (non-hydrogen) atoms. The average Bonchev–Trinajstić information content (AvgIpc) is 2.17. The van der Waals surface area contributed by atoms with Gasteiger partial charge in [-0.1, -0.05) is 0 Å². The van der Waals surface area contributed by atoms with Crippen molar-refractivity contribution in [1.82, 2.24) is 0 Å². The lowest BCUT2D eigenvalue weighted by Crippen LogP contribution is -2.06. The normalized spacial score (nSPS) is 11.5. The summed E-state index contributed by atoms with van der Waals surface area (Å²) in [7, 11) is 1.38. The van der Waals surface area contributed by atoms with E-state index in [1.807, 2.05) is 0 Å². The number of methoxy groups -OCH3 is 1. The smallest absolute Gasteiger partial charge is 0.416 e. The molecule has 0 fully saturated rings. The fraction of sp³-hybridized carbons (Fsp3) is 0.400.